The molecular formula is C17H26N2O. The van der Waals surface area contributed by atoms with Crippen LogP contribution in [-0.2, 0) is 11.2 Å². The van der Waals surface area contributed by atoms with E-state index in [4.69, 9.17) is 5.73 Å². The minimum atomic E-state index is -0.0716. The highest BCUT2D eigenvalue weighted by atomic mass is 16.2. The molecule has 0 radical (unpaired) electrons. The Kier molecular flexibility index (Phi) is 4.81. The molecule has 0 spiro atoms. The first kappa shape index (κ1) is 15.0. The van der Waals surface area contributed by atoms with Crippen LogP contribution in [0.1, 0.15) is 50.7 Å². The molecule has 3 nitrogen and oxygen atoms in total. The Morgan fingerprint density at radius 2 is 2.05 bits per heavy atom. The molecule has 0 saturated carbocycles. The van der Waals surface area contributed by atoms with Crippen molar-refractivity contribution >= 4 is 5.91 Å². The quantitative estimate of drug-likeness (QED) is 0.921. The van der Waals surface area contributed by atoms with E-state index in [-0.39, 0.29) is 23.9 Å². The van der Waals surface area contributed by atoms with Gasteiger partial charge >= 0.3 is 0 Å². The summed E-state index contributed by atoms with van der Waals surface area (Å²) >= 11 is 0. The third-order valence-electron chi connectivity index (χ3n) is 4.46. The van der Waals surface area contributed by atoms with Crippen LogP contribution in [-0.4, -0.2) is 29.4 Å². The van der Waals surface area contributed by atoms with Crippen molar-refractivity contribution in [1.29, 1.82) is 0 Å². The molecule has 0 bridgehead atoms. The maximum absolute atomic E-state index is 12.7. The summed E-state index contributed by atoms with van der Waals surface area (Å²) in [4.78, 5) is 14.7. The number of aryl methyl sites for hydroxylation is 1. The van der Waals surface area contributed by atoms with E-state index in [2.05, 4.69) is 38.1 Å². The molecule has 110 valence electrons. The fourth-order valence-electron chi connectivity index (χ4n) is 2.97. The first-order chi connectivity index (χ1) is 9.52. The molecule has 1 fully saturated rings. The van der Waals surface area contributed by atoms with Crippen LogP contribution in [0.15, 0.2) is 24.3 Å². The monoisotopic (exact) mass is 274 g/mol. The molecule has 0 aliphatic carbocycles. The van der Waals surface area contributed by atoms with Crippen LogP contribution in [0.25, 0.3) is 0 Å². The molecule has 0 aromatic heterocycles. The van der Waals surface area contributed by atoms with Crippen LogP contribution < -0.4 is 5.73 Å². The normalized spacial score (nSPS) is 24.5. The Morgan fingerprint density at radius 1 is 1.40 bits per heavy atom. The van der Waals surface area contributed by atoms with Gasteiger partial charge in [0.1, 0.15) is 0 Å². The van der Waals surface area contributed by atoms with E-state index in [1.807, 2.05) is 11.8 Å². The van der Waals surface area contributed by atoms with Crippen LogP contribution in [0.2, 0.25) is 0 Å². The van der Waals surface area contributed by atoms with E-state index in [0.29, 0.717) is 0 Å². The number of benzene rings is 1. The number of likely N-dealkylation sites (tertiary alicyclic amines) is 1. The average Bonchev–Trinajstić information content (AvgIpc) is 2.46. The summed E-state index contributed by atoms with van der Waals surface area (Å²) in [5.74, 6) is 0.159. The maximum atomic E-state index is 12.7. The number of hydrogen-bond acceptors (Lipinski definition) is 2. The lowest BCUT2D eigenvalue weighted by Gasteiger charge is -2.38. The second kappa shape index (κ2) is 6.40. The van der Waals surface area contributed by atoms with Crippen molar-refractivity contribution in [2.75, 3.05) is 6.54 Å². The molecule has 1 aromatic rings. The summed E-state index contributed by atoms with van der Waals surface area (Å²) in [6, 6.07) is 8.91. The SMILES string of the molecule is CCc1ccc([C@H](C)C(=O)N2CC[C@H](N)C[C@H]2C)cc1. The van der Waals surface area contributed by atoms with Crippen molar-refractivity contribution in [3.8, 4) is 0 Å². The zero-order valence-corrected chi connectivity index (χ0v) is 12.8. The molecule has 3 heteroatoms. The number of rotatable bonds is 3. The van der Waals surface area contributed by atoms with Crippen LogP contribution in [0.3, 0.4) is 0 Å². The number of amides is 1. The smallest absolute Gasteiger partial charge is 0.230 e. The largest absolute Gasteiger partial charge is 0.339 e. The molecule has 0 unspecified atom stereocenters. The summed E-state index contributed by atoms with van der Waals surface area (Å²) in [6.07, 6.45) is 2.86. The van der Waals surface area contributed by atoms with Gasteiger partial charge in [0.15, 0.2) is 0 Å². The molecule has 2 rings (SSSR count). The zero-order valence-electron chi connectivity index (χ0n) is 12.8. The van der Waals surface area contributed by atoms with Crippen LogP contribution in [0, 0.1) is 0 Å². The van der Waals surface area contributed by atoms with Crippen LogP contribution >= 0.6 is 0 Å². The topological polar surface area (TPSA) is 46.3 Å². The van der Waals surface area contributed by atoms with E-state index < -0.39 is 0 Å². The molecule has 2 N–H and O–H groups in total. The Labute approximate surface area is 122 Å². The minimum absolute atomic E-state index is 0.0716. The average molecular weight is 274 g/mol. The standard InChI is InChI=1S/C17H26N2O/c1-4-14-5-7-15(8-6-14)13(3)17(20)19-10-9-16(18)11-12(19)2/h5-8,12-13,16H,4,9-11,18H2,1-3H3/t12-,13+,16+/m1/s1. The van der Waals surface area contributed by atoms with Crippen molar-refractivity contribution < 1.29 is 4.79 Å². The number of nitrogens with zero attached hydrogens (tertiary/aromatic N) is 1. The third kappa shape index (κ3) is 3.21. The predicted octanol–water partition coefficient (Wildman–Crippen LogP) is 2.69. The Bertz CT molecular complexity index is 455. The Hall–Kier alpha value is -1.35. The summed E-state index contributed by atoms with van der Waals surface area (Å²) in [7, 11) is 0. The van der Waals surface area contributed by atoms with Crippen molar-refractivity contribution in [1.82, 2.24) is 4.90 Å². The molecule has 3 atom stereocenters. The zero-order chi connectivity index (χ0) is 14.7. The molecular weight excluding hydrogens is 248 g/mol. The van der Waals surface area contributed by atoms with Gasteiger partial charge in [-0.05, 0) is 44.2 Å². The molecule has 1 aliphatic rings. The number of carbonyl (C=O) groups excluding carboxylic acids is 1. The summed E-state index contributed by atoms with van der Waals surface area (Å²) in [5, 5.41) is 0. The molecule has 1 saturated heterocycles. The van der Waals surface area contributed by atoms with E-state index in [1.54, 1.807) is 0 Å². The lowest BCUT2D eigenvalue weighted by molar-refractivity contribution is -0.135. The van der Waals surface area contributed by atoms with Crippen LogP contribution in [0.5, 0.6) is 0 Å². The summed E-state index contributed by atoms with van der Waals surface area (Å²) < 4.78 is 0. The second-order valence-corrected chi connectivity index (χ2v) is 5.98. The van der Waals surface area contributed by atoms with Gasteiger partial charge < -0.3 is 10.6 Å². The van der Waals surface area contributed by atoms with E-state index >= 15 is 0 Å². The highest BCUT2D eigenvalue weighted by Crippen LogP contribution is 2.24. The fraction of sp³-hybridized carbons (Fsp3) is 0.588. The molecule has 1 amide bonds. The van der Waals surface area contributed by atoms with Crippen LogP contribution in [0.4, 0.5) is 0 Å². The van der Waals surface area contributed by atoms with Gasteiger partial charge in [-0.25, -0.2) is 0 Å². The molecule has 1 aliphatic heterocycles. The summed E-state index contributed by atoms with van der Waals surface area (Å²) in [6.45, 7) is 7.04. The van der Waals surface area contributed by atoms with Gasteiger partial charge in [-0.1, -0.05) is 31.2 Å². The lowest BCUT2D eigenvalue weighted by Crippen LogP contribution is -2.49. The minimum Gasteiger partial charge on any atom is -0.339 e. The summed E-state index contributed by atoms with van der Waals surface area (Å²) in [5.41, 5.74) is 8.39. The predicted molar refractivity (Wildman–Crippen MR) is 82.6 cm³/mol. The van der Waals surface area contributed by atoms with Crippen molar-refractivity contribution in [2.24, 2.45) is 5.73 Å². The molecule has 1 heterocycles. The van der Waals surface area contributed by atoms with Gasteiger partial charge in [0.05, 0.1) is 5.92 Å². The first-order valence-electron chi connectivity index (χ1n) is 7.67. The highest BCUT2D eigenvalue weighted by Gasteiger charge is 2.30. The van der Waals surface area contributed by atoms with Crippen molar-refractivity contribution in [3.05, 3.63) is 35.4 Å². The maximum Gasteiger partial charge on any atom is 0.230 e. The number of piperidine rings is 1. The highest BCUT2D eigenvalue weighted by molar-refractivity contribution is 5.83. The van der Waals surface area contributed by atoms with Crippen molar-refractivity contribution in [3.63, 3.8) is 0 Å². The number of hydrogen-bond donors (Lipinski definition) is 1. The molecule has 1 aromatic carbocycles. The first-order valence-corrected chi connectivity index (χ1v) is 7.67. The fourth-order valence-corrected chi connectivity index (χ4v) is 2.97. The van der Waals surface area contributed by atoms with E-state index in [1.165, 1.54) is 5.56 Å². The number of carbonyl (C=O) groups is 1. The number of nitrogens with two attached hydrogens (primary N) is 1. The molecule has 20 heavy (non-hydrogen) atoms. The van der Waals surface area contributed by atoms with E-state index in [9.17, 15) is 4.79 Å². The van der Waals surface area contributed by atoms with Gasteiger partial charge in [-0.15, -0.1) is 0 Å². The van der Waals surface area contributed by atoms with E-state index in [0.717, 1.165) is 31.4 Å². The van der Waals surface area contributed by atoms with Gasteiger partial charge in [-0.3, -0.25) is 4.79 Å². The Balaban J connectivity index is 2.07. The van der Waals surface area contributed by atoms with Gasteiger partial charge in [0.25, 0.3) is 0 Å². The lowest BCUT2D eigenvalue weighted by atomic mass is 9.94. The van der Waals surface area contributed by atoms with Crippen molar-refractivity contribution in [2.45, 2.75) is 58.0 Å². The Morgan fingerprint density at radius 3 is 2.60 bits per heavy atom. The van der Waals surface area contributed by atoms with Gasteiger partial charge in [-0.2, -0.15) is 0 Å². The second-order valence-electron chi connectivity index (χ2n) is 5.98. The third-order valence-corrected chi connectivity index (χ3v) is 4.46. The van der Waals surface area contributed by atoms with Gasteiger partial charge in [0, 0.05) is 18.6 Å². The van der Waals surface area contributed by atoms with Gasteiger partial charge in [0.2, 0.25) is 5.91 Å².